The molecule has 2 heterocycles. The summed E-state index contributed by atoms with van der Waals surface area (Å²) in [7, 11) is 0. The van der Waals surface area contributed by atoms with Crippen molar-refractivity contribution in [2.45, 2.75) is 29.7 Å². The van der Waals surface area contributed by atoms with E-state index in [1.165, 1.54) is 6.20 Å². The van der Waals surface area contributed by atoms with Crippen molar-refractivity contribution in [2.24, 2.45) is 0 Å². The highest BCUT2D eigenvalue weighted by Crippen LogP contribution is 2.32. The lowest BCUT2D eigenvalue weighted by atomic mass is 10.3. The molecule has 2 rings (SSSR count). The summed E-state index contributed by atoms with van der Waals surface area (Å²) in [5.41, 5.74) is 0.404. The van der Waals surface area contributed by atoms with Crippen LogP contribution < -0.4 is 0 Å². The van der Waals surface area contributed by atoms with Crippen LogP contribution >= 0.6 is 11.8 Å². The average molecular weight is 221 g/mol. The molecule has 0 radical (unpaired) electrons. The fourth-order valence-electron chi connectivity index (χ4n) is 1.50. The van der Waals surface area contributed by atoms with Crippen LogP contribution in [-0.4, -0.2) is 27.9 Å². The van der Waals surface area contributed by atoms with Gasteiger partial charge in [-0.3, -0.25) is 0 Å². The maximum absolute atomic E-state index is 8.86. The normalized spacial score (nSPS) is 25.1. The molecule has 1 aromatic heterocycles. The molecule has 4 nitrogen and oxygen atoms in total. The summed E-state index contributed by atoms with van der Waals surface area (Å²) in [6.07, 6.45) is 4.39. The molecule has 78 valence electrons. The highest BCUT2D eigenvalue weighted by atomic mass is 32.2. The van der Waals surface area contributed by atoms with Gasteiger partial charge in [-0.2, -0.15) is 5.26 Å². The number of hydrogen-bond acceptors (Lipinski definition) is 5. The van der Waals surface area contributed by atoms with Crippen molar-refractivity contribution < 1.29 is 4.74 Å². The van der Waals surface area contributed by atoms with Gasteiger partial charge in [0, 0.05) is 24.3 Å². The molecule has 0 aliphatic carbocycles. The van der Waals surface area contributed by atoms with Crippen molar-refractivity contribution in [1.29, 1.82) is 5.26 Å². The van der Waals surface area contributed by atoms with Gasteiger partial charge in [-0.05, 0) is 13.3 Å². The fourth-order valence-corrected chi connectivity index (χ4v) is 2.60. The lowest BCUT2D eigenvalue weighted by molar-refractivity contribution is 0.127. The van der Waals surface area contributed by atoms with Crippen LogP contribution in [0, 0.1) is 11.3 Å². The lowest BCUT2D eigenvalue weighted by Crippen LogP contribution is -2.13. The van der Waals surface area contributed by atoms with Crippen molar-refractivity contribution in [3.8, 4) is 6.07 Å². The summed E-state index contributed by atoms with van der Waals surface area (Å²) in [6, 6.07) is 2.05. The Morgan fingerprint density at radius 3 is 3.00 bits per heavy atom. The molecule has 1 aliphatic heterocycles. The number of nitrogens with zero attached hydrogens (tertiary/aromatic N) is 3. The second-order valence-corrected chi connectivity index (χ2v) is 4.57. The van der Waals surface area contributed by atoms with Crippen LogP contribution in [0.1, 0.15) is 19.0 Å². The van der Waals surface area contributed by atoms with E-state index in [2.05, 4.69) is 9.97 Å². The first-order valence-electron chi connectivity index (χ1n) is 4.80. The van der Waals surface area contributed by atoms with E-state index in [-0.39, 0.29) is 6.10 Å². The first-order chi connectivity index (χ1) is 7.31. The fraction of sp³-hybridized carbons (Fsp3) is 0.500. The molecule has 1 aromatic rings. The van der Waals surface area contributed by atoms with Gasteiger partial charge in [0.05, 0.1) is 6.10 Å². The van der Waals surface area contributed by atoms with Crippen molar-refractivity contribution in [3.05, 3.63) is 18.1 Å². The van der Waals surface area contributed by atoms with Gasteiger partial charge < -0.3 is 4.74 Å². The van der Waals surface area contributed by atoms with E-state index in [4.69, 9.17) is 10.00 Å². The third kappa shape index (κ3) is 2.28. The molecule has 0 bridgehead atoms. The van der Waals surface area contributed by atoms with Gasteiger partial charge in [0.25, 0.3) is 0 Å². The second kappa shape index (κ2) is 4.60. The highest BCUT2D eigenvalue weighted by Gasteiger charge is 2.26. The Morgan fingerprint density at radius 2 is 2.33 bits per heavy atom. The molecule has 0 spiro atoms. The summed E-state index contributed by atoms with van der Waals surface area (Å²) in [5.74, 6) is 0. The Hall–Kier alpha value is -1.12. The molecular formula is C10H11N3OS. The zero-order valence-corrected chi connectivity index (χ0v) is 9.20. The SMILES string of the molecule is CC1OCCC1Sc1nccnc1C#N. The van der Waals surface area contributed by atoms with Crippen LogP contribution in [0.2, 0.25) is 0 Å². The zero-order chi connectivity index (χ0) is 10.7. The van der Waals surface area contributed by atoms with E-state index in [1.807, 2.05) is 13.0 Å². The molecule has 0 N–H and O–H groups in total. The summed E-state index contributed by atoms with van der Waals surface area (Å²) in [4.78, 5) is 8.15. The van der Waals surface area contributed by atoms with E-state index in [0.717, 1.165) is 13.0 Å². The molecule has 1 aliphatic rings. The summed E-state index contributed by atoms with van der Waals surface area (Å²) < 4.78 is 5.46. The van der Waals surface area contributed by atoms with E-state index in [1.54, 1.807) is 18.0 Å². The van der Waals surface area contributed by atoms with E-state index < -0.39 is 0 Å². The summed E-state index contributed by atoms with van der Waals surface area (Å²) in [6.45, 7) is 2.84. The van der Waals surface area contributed by atoms with Gasteiger partial charge in [-0.15, -0.1) is 0 Å². The minimum Gasteiger partial charge on any atom is -0.377 e. The molecule has 1 fully saturated rings. The van der Waals surface area contributed by atoms with Gasteiger partial charge in [0.2, 0.25) is 0 Å². The predicted molar refractivity (Wildman–Crippen MR) is 56.4 cm³/mol. The first kappa shape index (κ1) is 10.4. The summed E-state index contributed by atoms with van der Waals surface area (Å²) >= 11 is 1.59. The highest BCUT2D eigenvalue weighted by molar-refractivity contribution is 8.00. The van der Waals surface area contributed by atoms with E-state index >= 15 is 0 Å². The monoisotopic (exact) mass is 221 g/mol. The van der Waals surface area contributed by atoms with E-state index in [0.29, 0.717) is 16.0 Å². The topological polar surface area (TPSA) is 58.8 Å². The molecule has 0 aromatic carbocycles. The van der Waals surface area contributed by atoms with E-state index in [9.17, 15) is 0 Å². The predicted octanol–water partition coefficient (Wildman–Crippen LogP) is 1.62. The Kier molecular flexibility index (Phi) is 3.19. The minimum absolute atomic E-state index is 0.226. The number of nitriles is 1. The Labute approximate surface area is 92.7 Å². The van der Waals surface area contributed by atoms with Crippen LogP contribution in [0.15, 0.2) is 17.4 Å². The quantitative estimate of drug-likeness (QED) is 0.759. The smallest absolute Gasteiger partial charge is 0.172 e. The number of thioether (sulfide) groups is 1. The molecule has 2 atom stereocenters. The second-order valence-electron chi connectivity index (χ2n) is 3.34. The van der Waals surface area contributed by atoms with Crippen molar-refractivity contribution in [3.63, 3.8) is 0 Å². The molecule has 0 saturated carbocycles. The standard InChI is InChI=1S/C10H11N3OS/c1-7-9(2-5-14-7)15-10-8(6-11)12-3-4-13-10/h3-4,7,9H,2,5H2,1H3. The largest absolute Gasteiger partial charge is 0.377 e. The molecule has 0 amide bonds. The Bertz CT molecular complexity index is 390. The van der Waals surface area contributed by atoms with Crippen LogP contribution in [0.3, 0.4) is 0 Å². The number of ether oxygens (including phenoxy) is 1. The maximum Gasteiger partial charge on any atom is 0.172 e. The van der Waals surface area contributed by atoms with Gasteiger partial charge in [-0.1, -0.05) is 11.8 Å². The molecule has 2 unspecified atom stereocenters. The van der Waals surface area contributed by atoms with Crippen LogP contribution in [0.5, 0.6) is 0 Å². The van der Waals surface area contributed by atoms with Gasteiger partial charge in [0.1, 0.15) is 11.1 Å². The third-order valence-electron chi connectivity index (χ3n) is 2.34. The molecular weight excluding hydrogens is 210 g/mol. The van der Waals surface area contributed by atoms with Crippen LogP contribution in [-0.2, 0) is 4.74 Å². The lowest BCUT2D eigenvalue weighted by Gasteiger charge is -2.12. The van der Waals surface area contributed by atoms with Crippen LogP contribution in [0.25, 0.3) is 0 Å². The minimum atomic E-state index is 0.226. The van der Waals surface area contributed by atoms with Gasteiger partial charge in [-0.25, -0.2) is 9.97 Å². The third-order valence-corrected chi connectivity index (χ3v) is 3.78. The van der Waals surface area contributed by atoms with Crippen molar-refractivity contribution in [2.75, 3.05) is 6.61 Å². The van der Waals surface area contributed by atoms with Crippen molar-refractivity contribution >= 4 is 11.8 Å². The molecule has 15 heavy (non-hydrogen) atoms. The van der Waals surface area contributed by atoms with Gasteiger partial charge in [0.15, 0.2) is 5.69 Å². The van der Waals surface area contributed by atoms with Gasteiger partial charge >= 0.3 is 0 Å². The Morgan fingerprint density at radius 1 is 1.53 bits per heavy atom. The average Bonchev–Trinajstić information content (AvgIpc) is 2.65. The number of rotatable bonds is 2. The number of hydrogen-bond donors (Lipinski definition) is 0. The Balaban J connectivity index is 2.14. The number of aromatic nitrogens is 2. The molecule has 5 heteroatoms. The maximum atomic E-state index is 8.86. The molecule has 1 saturated heterocycles. The first-order valence-corrected chi connectivity index (χ1v) is 5.68. The summed E-state index contributed by atoms with van der Waals surface area (Å²) in [5, 5.41) is 9.95. The van der Waals surface area contributed by atoms with Crippen molar-refractivity contribution in [1.82, 2.24) is 9.97 Å². The van der Waals surface area contributed by atoms with Crippen LogP contribution in [0.4, 0.5) is 0 Å². The zero-order valence-electron chi connectivity index (χ0n) is 8.38.